The van der Waals surface area contributed by atoms with Crippen LogP contribution in [0.2, 0.25) is 0 Å². The number of amides is 1. The van der Waals surface area contributed by atoms with Gasteiger partial charge in [0, 0.05) is 50.2 Å². The summed E-state index contributed by atoms with van der Waals surface area (Å²) in [7, 11) is 0. The Morgan fingerprint density at radius 3 is 2.66 bits per heavy atom. The molecule has 0 atom stereocenters. The number of carbonyl (C=O) groups is 1. The zero-order chi connectivity index (χ0) is 22.6. The summed E-state index contributed by atoms with van der Waals surface area (Å²) in [6.45, 7) is 2.69. The Morgan fingerprint density at radius 1 is 1.12 bits per heavy atom. The van der Waals surface area contributed by atoms with Gasteiger partial charge in [-0.2, -0.15) is 18.2 Å². The Kier molecular flexibility index (Phi) is 6.31. The SMILES string of the molecule is O=C(/C=C/c1cccnc1)N1CCN(Cc2nc(-c3cccc(C(F)(F)F)c3)no2)CC1. The van der Waals surface area contributed by atoms with E-state index >= 15 is 0 Å². The van der Waals surface area contributed by atoms with Crippen molar-refractivity contribution in [3.63, 3.8) is 0 Å². The topological polar surface area (TPSA) is 75.4 Å². The number of pyridine rings is 1. The average Bonchev–Trinajstić information content (AvgIpc) is 3.27. The van der Waals surface area contributed by atoms with Crippen LogP contribution in [-0.2, 0) is 17.5 Å². The van der Waals surface area contributed by atoms with Crippen LogP contribution in [0.1, 0.15) is 17.0 Å². The molecule has 0 bridgehead atoms. The van der Waals surface area contributed by atoms with Crippen molar-refractivity contribution in [3.8, 4) is 11.4 Å². The highest BCUT2D eigenvalue weighted by Gasteiger charge is 2.31. The molecule has 7 nitrogen and oxygen atoms in total. The van der Waals surface area contributed by atoms with Crippen LogP contribution in [0, 0.1) is 0 Å². The molecule has 2 aromatic heterocycles. The van der Waals surface area contributed by atoms with E-state index in [-0.39, 0.29) is 17.3 Å². The van der Waals surface area contributed by atoms with Crippen molar-refractivity contribution < 1.29 is 22.5 Å². The van der Waals surface area contributed by atoms with Gasteiger partial charge in [-0.3, -0.25) is 14.7 Å². The first-order valence-corrected chi connectivity index (χ1v) is 9.98. The fraction of sp³-hybridized carbons (Fsp3) is 0.273. The van der Waals surface area contributed by atoms with Crippen LogP contribution >= 0.6 is 0 Å². The summed E-state index contributed by atoms with van der Waals surface area (Å²) in [6, 6.07) is 8.49. The van der Waals surface area contributed by atoms with E-state index in [0.717, 1.165) is 17.7 Å². The summed E-state index contributed by atoms with van der Waals surface area (Å²) in [5.41, 5.74) is 0.331. The summed E-state index contributed by atoms with van der Waals surface area (Å²) in [4.78, 5) is 24.4. The second kappa shape index (κ2) is 9.31. The van der Waals surface area contributed by atoms with E-state index in [0.29, 0.717) is 38.6 Å². The monoisotopic (exact) mass is 443 g/mol. The Hall–Kier alpha value is -3.53. The molecule has 1 amide bonds. The van der Waals surface area contributed by atoms with E-state index in [4.69, 9.17) is 4.52 Å². The van der Waals surface area contributed by atoms with Crippen molar-refractivity contribution in [3.05, 3.63) is 71.9 Å². The molecule has 1 saturated heterocycles. The number of benzene rings is 1. The number of aromatic nitrogens is 3. The first kappa shape index (κ1) is 21.7. The summed E-state index contributed by atoms with van der Waals surface area (Å²) in [5.74, 6) is 0.354. The molecular weight excluding hydrogens is 423 g/mol. The molecule has 3 aromatic rings. The quantitative estimate of drug-likeness (QED) is 0.562. The van der Waals surface area contributed by atoms with Crippen molar-refractivity contribution >= 4 is 12.0 Å². The van der Waals surface area contributed by atoms with Gasteiger partial charge in [-0.1, -0.05) is 23.4 Å². The minimum absolute atomic E-state index is 0.0712. The van der Waals surface area contributed by atoms with Gasteiger partial charge < -0.3 is 9.42 Å². The molecule has 0 radical (unpaired) electrons. The van der Waals surface area contributed by atoms with E-state index in [2.05, 4.69) is 20.0 Å². The predicted octanol–water partition coefficient (Wildman–Crippen LogP) is 3.51. The lowest BCUT2D eigenvalue weighted by Gasteiger charge is -2.33. The van der Waals surface area contributed by atoms with Gasteiger partial charge in [0.05, 0.1) is 12.1 Å². The molecule has 1 fully saturated rings. The first-order valence-electron chi connectivity index (χ1n) is 9.98. The fourth-order valence-corrected chi connectivity index (χ4v) is 3.34. The van der Waals surface area contributed by atoms with Gasteiger partial charge in [-0.15, -0.1) is 0 Å². The number of alkyl halides is 3. The number of nitrogens with zero attached hydrogens (tertiary/aromatic N) is 5. The molecule has 0 saturated carbocycles. The second-order valence-electron chi connectivity index (χ2n) is 7.31. The molecule has 3 heterocycles. The van der Waals surface area contributed by atoms with E-state index < -0.39 is 11.7 Å². The summed E-state index contributed by atoms with van der Waals surface area (Å²) in [6.07, 6.45) is 2.18. The first-order chi connectivity index (χ1) is 15.4. The van der Waals surface area contributed by atoms with E-state index in [1.165, 1.54) is 18.2 Å². The largest absolute Gasteiger partial charge is 0.416 e. The van der Waals surface area contributed by atoms with Crippen LogP contribution in [0.4, 0.5) is 13.2 Å². The standard InChI is InChI=1S/C22H20F3N5O2/c23-22(24,25)18-5-1-4-17(13-18)21-27-19(32-28-21)15-29-9-11-30(12-10-29)20(31)7-6-16-3-2-8-26-14-16/h1-8,13-14H,9-12,15H2/b7-6+. The molecule has 0 aliphatic carbocycles. The van der Waals surface area contributed by atoms with Crippen LogP contribution in [0.15, 0.2) is 59.4 Å². The predicted molar refractivity (Wildman–Crippen MR) is 110 cm³/mol. The van der Waals surface area contributed by atoms with Gasteiger partial charge in [0.1, 0.15) is 0 Å². The van der Waals surface area contributed by atoms with Gasteiger partial charge in [-0.05, 0) is 29.8 Å². The summed E-state index contributed by atoms with van der Waals surface area (Å²) >= 11 is 0. The Bertz CT molecular complexity index is 1090. The van der Waals surface area contributed by atoms with E-state index in [9.17, 15) is 18.0 Å². The van der Waals surface area contributed by atoms with Crippen molar-refractivity contribution in [1.29, 1.82) is 0 Å². The van der Waals surface area contributed by atoms with Gasteiger partial charge in [0.25, 0.3) is 0 Å². The zero-order valence-corrected chi connectivity index (χ0v) is 17.0. The van der Waals surface area contributed by atoms with Crippen molar-refractivity contribution in [2.45, 2.75) is 12.7 Å². The number of hydrogen-bond donors (Lipinski definition) is 0. The molecule has 1 aliphatic heterocycles. The highest BCUT2D eigenvalue weighted by Crippen LogP contribution is 2.31. The summed E-state index contributed by atoms with van der Waals surface area (Å²) in [5, 5.41) is 3.81. The zero-order valence-electron chi connectivity index (χ0n) is 17.0. The van der Waals surface area contributed by atoms with Crippen LogP contribution in [-0.4, -0.2) is 57.0 Å². The lowest BCUT2D eigenvalue weighted by atomic mass is 10.1. The molecular formula is C22H20F3N5O2. The highest BCUT2D eigenvalue weighted by molar-refractivity contribution is 5.91. The number of carbonyl (C=O) groups excluding carboxylic acids is 1. The molecule has 0 unspecified atom stereocenters. The maximum Gasteiger partial charge on any atom is 0.416 e. The van der Waals surface area contributed by atoms with Crippen molar-refractivity contribution in [2.24, 2.45) is 0 Å². The van der Waals surface area contributed by atoms with Crippen molar-refractivity contribution in [2.75, 3.05) is 26.2 Å². The average molecular weight is 443 g/mol. The molecule has 1 aliphatic rings. The number of piperazine rings is 1. The lowest BCUT2D eigenvalue weighted by molar-refractivity contribution is -0.137. The van der Waals surface area contributed by atoms with Crippen LogP contribution < -0.4 is 0 Å². The maximum atomic E-state index is 12.9. The minimum atomic E-state index is -4.44. The Morgan fingerprint density at radius 2 is 1.94 bits per heavy atom. The Balaban J connectivity index is 1.31. The van der Waals surface area contributed by atoms with Gasteiger partial charge in [0.2, 0.25) is 17.6 Å². The van der Waals surface area contributed by atoms with Crippen LogP contribution in [0.25, 0.3) is 17.5 Å². The molecule has 10 heteroatoms. The summed E-state index contributed by atoms with van der Waals surface area (Å²) < 4.78 is 44.0. The third-order valence-corrected chi connectivity index (χ3v) is 5.06. The molecule has 1 aromatic carbocycles. The third-order valence-electron chi connectivity index (χ3n) is 5.06. The van der Waals surface area contributed by atoms with Crippen molar-refractivity contribution in [1.82, 2.24) is 24.9 Å². The number of halogens is 3. The fourth-order valence-electron chi connectivity index (χ4n) is 3.34. The minimum Gasteiger partial charge on any atom is -0.338 e. The smallest absolute Gasteiger partial charge is 0.338 e. The van der Waals surface area contributed by atoms with Crippen LogP contribution in [0.3, 0.4) is 0 Å². The van der Waals surface area contributed by atoms with E-state index in [1.54, 1.807) is 29.4 Å². The second-order valence-corrected chi connectivity index (χ2v) is 7.31. The molecule has 0 N–H and O–H groups in total. The normalized spacial score (nSPS) is 15.4. The molecule has 0 spiro atoms. The third kappa shape index (κ3) is 5.38. The van der Waals surface area contributed by atoms with Gasteiger partial charge in [-0.25, -0.2) is 0 Å². The number of hydrogen-bond acceptors (Lipinski definition) is 6. The molecule has 4 rings (SSSR count). The molecule has 32 heavy (non-hydrogen) atoms. The Labute approximate surface area is 182 Å². The lowest BCUT2D eigenvalue weighted by Crippen LogP contribution is -2.47. The van der Waals surface area contributed by atoms with Gasteiger partial charge >= 0.3 is 6.18 Å². The highest BCUT2D eigenvalue weighted by atomic mass is 19.4. The molecule has 166 valence electrons. The van der Waals surface area contributed by atoms with E-state index in [1.807, 2.05) is 6.07 Å². The maximum absolute atomic E-state index is 12.9. The van der Waals surface area contributed by atoms with Crippen LogP contribution in [0.5, 0.6) is 0 Å². The van der Waals surface area contributed by atoms with Gasteiger partial charge in [0.15, 0.2) is 0 Å². The number of rotatable bonds is 5.